The van der Waals surface area contributed by atoms with E-state index in [1.54, 1.807) is 0 Å². The van der Waals surface area contributed by atoms with Crippen LogP contribution in [-0.2, 0) is 13.1 Å². The van der Waals surface area contributed by atoms with Gasteiger partial charge in [-0.1, -0.05) is 32.0 Å². The van der Waals surface area contributed by atoms with E-state index in [1.807, 2.05) is 0 Å². The summed E-state index contributed by atoms with van der Waals surface area (Å²) in [6, 6.07) is 7.22. The van der Waals surface area contributed by atoms with Crippen LogP contribution in [0.2, 0.25) is 0 Å². The normalized spacial score (nSPS) is 20.4. The minimum Gasteiger partial charge on any atom is -0.326 e. The molecule has 0 amide bonds. The first-order chi connectivity index (χ1) is 7.61. The Hall–Kier alpha value is -0.860. The van der Waals surface area contributed by atoms with Gasteiger partial charge in [0.05, 0.1) is 0 Å². The summed E-state index contributed by atoms with van der Waals surface area (Å²) in [4.78, 5) is 2.55. The highest BCUT2D eigenvalue weighted by Gasteiger charge is 2.26. The molecule has 2 rings (SSSR count). The number of hydrogen-bond donors (Lipinski definition) is 1. The Bertz CT molecular complexity index is 371. The predicted octanol–water partition coefficient (Wildman–Crippen LogP) is 2.68. The van der Waals surface area contributed by atoms with Gasteiger partial charge in [0.15, 0.2) is 0 Å². The Kier molecular flexibility index (Phi) is 3.31. The summed E-state index contributed by atoms with van der Waals surface area (Å²) in [6.45, 7) is 9.77. The minimum atomic E-state index is 0.545. The van der Waals surface area contributed by atoms with Crippen LogP contribution in [0.15, 0.2) is 18.2 Å². The Balaban J connectivity index is 2.21. The molecule has 1 atom stereocenters. The maximum absolute atomic E-state index is 5.69. The molecule has 1 aromatic rings. The molecule has 2 heteroatoms. The van der Waals surface area contributed by atoms with Crippen molar-refractivity contribution in [2.75, 3.05) is 6.54 Å². The third-order valence-corrected chi connectivity index (χ3v) is 3.42. The van der Waals surface area contributed by atoms with Crippen molar-refractivity contribution < 1.29 is 0 Å². The Morgan fingerprint density at radius 2 is 2.19 bits per heavy atom. The molecule has 88 valence electrons. The number of nitrogens with two attached hydrogens (primary N) is 1. The van der Waals surface area contributed by atoms with Gasteiger partial charge in [0.25, 0.3) is 0 Å². The first-order valence-corrected chi connectivity index (χ1v) is 6.17. The van der Waals surface area contributed by atoms with Gasteiger partial charge in [0, 0.05) is 25.7 Å². The maximum atomic E-state index is 5.69. The van der Waals surface area contributed by atoms with Gasteiger partial charge in [-0.25, -0.2) is 0 Å². The molecular formula is C14H22N2. The Morgan fingerprint density at radius 1 is 1.44 bits per heavy atom. The molecule has 0 saturated heterocycles. The first kappa shape index (κ1) is 11.6. The summed E-state index contributed by atoms with van der Waals surface area (Å²) in [7, 11) is 0. The zero-order chi connectivity index (χ0) is 11.7. The van der Waals surface area contributed by atoms with Crippen LogP contribution in [0.3, 0.4) is 0 Å². The van der Waals surface area contributed by atoms with Gasteiger partial charge < -0.3 is 5.73 Å². The fourth-order valence-electron chi connectivity index (χ4n) is 2.55. The molecule has 0 fully saturated rings. The van der Waals surface area contributed by atoms with E-state index in [9.17, 15) is 0 Å². The van der Waals surface area contributed by atoms with Crippen LogP contribution in [0.1, 0.15) is 43.5 Å². The van der Waals surface area contributed by atoms with Gasteiger partial charge in [-0.2, -0.15) is 0 Å². The number of benzene rings is 1. The van der Waals surface area contributed by atoms with Crippen LogP contribution in [0.4, 0.5) is 0 Å². The maximum Gasteiger partial charge on any atom is 0.0326 e. The van der Waals surface area contributed by atoms with Crippen molar-refractivity contribution in [2.45, 2.75) is 39.9 Å². The van der Waals surface area contributed by atoms with Crippen molar-refractivity contribution in [1.82, 2.24) is 4.90 Å². The number of nitrogens with zero attached hydrogens (tertiary/aromatic N) is 1. The van der Waals surface area contributed by atoms with Gasteiger partial charge in [-0.3, -0.25) is 4.90 Å². The lowest BCUT2D eigenvalue weighted by atomic mass is 10.0. The highest BCUT2D eigenvalue weighted by molar-refractivity contribution is 5.37. The minimum absolute atomic E-state index is 0.545. The Morgan fingerprint density at radius 3 is 2.81 bits per heavy atom. The summed E-state index contributed by atoms with van der Waals surface area (Å²) in [5, 5.41) is 0. The monoisotopic (exact) mass is 218 g/mol. The summed E-state index contributed by atoms with van der Waals surface area (Å²) in [6.07, 6.45) is 0. The van der Waals surface area contributed by atoms with E-state index in [-0.39, 0.29) is 0 Å². The predicted molar refractivity (Wildman–Crippen MR) is 68.0 cm³/mol. The van der Waals surface area contributed by atoms with Gasteiger partial charge in [0.2, 0.25) is 0 Å². The van der Waals surface area contributed by atoms with Gasteiger partial charge in [-0.15, -0.1) is 0 Å². The average molecular weight is 218 g/mol. The molecule has 0 spiro atoms. The van der Waals surface area contributed by atoms with Crippen molar-refractivity contribution >= 4 is 0 Å². The summed E-state index contributed by atoms with van der Waals surface area (Å²) in [5.41, 5.74) is 9.89. The SMILES string of the molecule is CC(C)CN1Cc2ccc(CN)cc2C1C. The second-order valence-electron chi connectivity index (χ2n) is 5.24. The summed E-state index contributed by atoms with van der Waals surface area (Å²) < 4.78 is 0. The van der Waals surface area contributed by atoms with E-state index in [2.05, 4.69) is 43.9 Å². The van der Waals surface area contributed by atoms with E-state index >= 15 is 0 Å². The zero-order valence-electron chi connectivity index (χ0n) is 10.5. The van der Waals surface area contributed by atoms with Gasteiger partial charge in [0.1, 0.15) is 0 Å². The van der Waals surface area contributed by atoms with Crippen molar-refractivity contribution in [3.8, 4) is 0 Å². The summed E-state index contributed by atoms with van der Waals surface area (Å²) >= 11 is 0. The average Bonchev–Trinajstić information content (AvgIpc) is 2.55. The van der Waals surface area contributed by atoms with E-state index < -0.39 is 0 Å². The zero-order valence-corrected chi connectivity index (χ0v) is 10.5. The second kappa shape index (κ2) is 4.56. The van der Waals surface area contributed by atoms with Gasteiger partial charge >= 0.3 is 0 Å². The lowest BCUT2D eigenvalue weighted by molar-refractivity contribution is 0.203. The molecule has 1 aliphatic rings. The lowest BCUT2D eigenvalue weighted by Crippen LogP contribution is -2.24. The highest BCUT2D eigenvalue weighted by atomic mass is 15.2. The molecule has 2 N–H and O–H groups in total. The van der Waals surface area contributed by atoms with Crippen LogP contribution in [-0.4, -0.2) is 11.4 Å². The van der Waals surface area contributed by atoms with E-state index in [0.29, 0.717) is 12.6 Å². The molecule has 0 bridgehead atoms. The first-order valence-electron chi connectivity index (χ1n) is 6.17. The molecule has 2 nitrogen and oxygen atoms in total. The molecular weight excluding hydrogens is 196 g/mol. The largest absolute Gasteiger partial charge is 0.326 e. The van der Waals surface area contributed by atoms with Crippen LogP contribution in [0, 0.1) is 5.92 Å². The van der Waals surface area contributed by atoms with Crippen LogP contribution in [0.25, 0.3) is 0 Å². The van der Waals surface area contributed by atoms with Crippen LogP contribution < -0.4 is 5.73 Å². The second-order valence-corrected chi connectivity index (χ2v) is 5.24. The lowest BCUT2D eigenvalue weighted by Gasteiger charge is -2.23. The molecule has 0 aromatic heterocycles. The standard InChI is InChI=1S/C14H22N2/c1-10(2)8-16-9-13-5-4-12(7-15)6-14(13)11(16)3/h4-6,10-11H,7-9,15H2,1-3H3. The summed E-state index contributed by atoms with van der Waals surface area (Å²) in [5.74, 6) is 0.728. The number of fused-ring (bicyclic) bond motifs is 1. The Labute approximate surface area is 98.4 Å². The van der Waals surface area contributed by atoms with Crippen LogP contribution in [0.5, 0.6) is 0 Å². The molecule has 1 aliphatic heterocycles. The molecule has 0 aliphatic carbocycles. The van der Waals surface area contributed by atoms with Crippen molar-refractivity contribution in [2.24, 2.45) is 11.7 Å². The number of rotatable bonds is 3. The molecule has 0 radical (unpaired) electrons. The molecule has 1 aromatic carbocycles. The van der Waals surface area contributed by atoms with E-state index in [0.717, 1.165) is 12.5 Å². The van der Waals surface area contributed by atoms with Gasteiger partial charge in [-0.05, 0) is 29.5 Å². The smallest absolute Gasteiger partial charge is 0.0326 e. The van der Waals surface area contributed by atoms with E-state index in [4.69, 9.17) is 5.73 Å². The number of hydrogen-bond acceptors (Lipinski definition) is 2. The molecule has 0 saturated carbocycles. The van der Waals surface area contributed by atoms with Crippen molar-refractivity contribution in [3.63, 3.8) is 0 Å². The fourth-order valence-corrected chi connectivity index (χ4v) is 2.55. The fraction of sp³-hybridized carbons (Fsp3) is 0.571. The highest BCUT2D eigenvalue weighted by Crippen LogP contribution is 2.34. The third-order valence-electron chi connectivity index (χ3n) is 3.42. The van der Waals surface area contributed by atoms with Crippen molar-refractivity contribution in [3.05, 3.63) is 34.9 Å². The quantitative estimate of drug-likeness (QED) is 0.845. The third kappa shape index (κ3) is 2.13. The van der Waals surface area contributed by atoms with E-state index in [1.165, 1.54) is 23.2 Å². The van der Waals surface area contributed by atoms with Crippen molar-refractivity contribution in [1.29, 1.82) is 0 Å². The van der Waals surface area contributed by atoms with Crippen LogP contribution >= 0.6 is 0 Å². The molecule has 1 unspecified atom stereocenters. The topological polar surface area (TPSA) is 29.3 Å². The molecule has 1 heterocycles. The molecule has 16 heavy (non-hydrogen) atoms.